The summed E-state index contributed by atoms with van der Waals surface area (Å²) >= 11 is 0. The van der Waals surface area contributed by atoms with Crippen LogP contribution in [0.15, 0.2) is 71.8 Å². The molecule has 8 nitrogen and oxygen atoms in total. The van der Waals surface area contributed by atoms with Crippen molar-refractivity contribution in [3.8, 4) is 5.88 Å². The van der Waals surface area contributed by atoms with Gasteiger partial charge in [0.1, 0.15) is 11.5 Å². The second kappa shape index (κ2) is 8.43. The number of ether oxygens (including phenoxy) is 1. The average molecular weight is 452 g/mol. The Morgan fingerprint density at radius 2 is 1.84 bits per heavy atom. The molecule has 2 heterocycles. The van der Waals surface area contributed by atoms with E-state index in [1.165, 1.54) is 24.4 Å². The molecule has 32 heavy (non-hydrogen) atoms. The van der Waals surface area contributed by atoms with E-state index in [0.717, 1.165) is 9.87 Å². The van der Waals surface area contributed by atoms with Gasteiger partial charge in [-0.25, -0.2) is 17.7 Å². The largest absolute Gasteiger partial charge is 0.473 e. The smallest absolute Gasteiger partial charge is 0.269 e. The Morgan fingerprint density at radius 3 is 2.50 bits per heavy atom. The van der Waals surface area contributed by atoms with Crippen LogP contribution >= 0.6 is 0 Å². The fraction of sp³-hybridized carbons (Fsp3) is 0.174. The highest BCUT2D eigenvalue weighted by Crippen LogP contribution is 2.32. The summed E-state index contributed by atoms with van der Waals surface area (Å²) < 4.78 is 31.9. The second-order valence-electron chi connectivity index (χ2n) is 7.52. The van der Waals surface area contributed by atoms with Crippen molar-refractivity contribution < 1.29 is 22.7 Å². The molecule has 3 aromatic rings. The number of hydrogen-bond acceptors (Lipinski definition) is 6. The van der Waals surface area contributed by atoms with Crippen molar-refractivity contribution in [3.05, 3.63) is 83.6 Å². The van der Waals surface area contributed by atoms with Crippen molar-refractivity contribution in [1.82, 2.24) is 9.29 Å². The lowest BCUT2D eigenvalue weighted by atomic mass is 10.1. The first-order valence-corrected chi connectivity index (χ1v) is 11.4. The summed E-state index contributed by atoms with van der Waals surface area (Å²) in [5, 5.41) is 2.67. The zero-order chi connectivity index (χ0) is 22.9. The minimum atomic E-state index is -3.98. The Hall–Kier alpha value is -3.72. The number of nitrogens with one attached hydrogen (secondary N) is 1. The third-order valence-corrected chi connectivity index (χ3v) is 6.90. The maximum absolute atomic E-state index is 12.7. The summed E-state index contributed by atoms with van der Waals surface area (Å²) in [5.74, 6) is -0.696. The topological polar surface area (TPSA) is 106 Å². The highest BCUT2D eigenvalue weighted by atomic mass is 32.2. The highest BCUT2D eigenvalue weighted by Gasteiger charge is 2.42. The third kappa shape index (κ3) is 4.06. The lowest BCUT2D eigenvalue weighted by Crippen LogP contribution is -2.36. The summed E-state index contributed by atoms with van der Waals surface area (Å²) in [4.78, 5) is 29.1. The Morgan fingerprint density at radius 1 is 1.09 bits per heavy atom. The molecular weight excluding hydrogens is 430 g/mol. The maximum atomic E-state index is 12.7. The van der Waals surface area contributed by atoms with E-state index < -0.39 is 27.9 Å². The number of carbonyl (C=O) groups excluding carboxylic acids is 2. The molecule has 0 fully saturated rings. The molecule has 0 radical (unpaired) electrons. The highest BCUT2D eigenvalue weighted by molar-refractivity contribution is 7.90. The molecule has 0 aliphatic carbocycles. The SMILES string of the molecule is CC(C)N1C(=O)c2ccc(C(=O)Nc3ccc(OCc4ccccc4)nc3)cc2S1(=O)=O. The normalized spacial score (nSPS) is 14.3. The Labute approximate surface area is 185 Å². The molecule has 0 saturated carbocycles. The fourth-order valence-electron chi connectivity index (χ4n) is 3.37. The van der Waals surface area contributed by atoms with Crippen LogP contribution in [-0.2, 0) is 16.6 Å². The van der Waals surface area contributed by atoms with E-state index in [4.69, 9.17) is 4.74 Å². The van der Waals surface area contributed by atoms with Crippen LogP contribution < -0.4 is 10.1 Å². The summed E-state index contributed by atoms with van der Waals surface area (Å²) in [5.41, 5.74) is 1.62. The van der Waals surface area contributed by atoms with Gasteiger partial charge in [0.25, 0.3) is 21.8 Å². The monoisotopic (exact) mass is 451 g/mol. The minimum Gasteiger partial charge on any atom is -0.473 e. The molecule has 9 heteroatoms. The van der Waals surface area contributed by atoms with Gasteiger partial charge in [-0.05, 0) is 43.7 Å². The first-order valence-electron chi connectivity index (χ1n) is 9.94. The van der Waals surface area contributed by atoms with Gasteiger partial charge in [0.15, 0.2) is 0 Å². The minimum absolute atomic E-state index is 0.0665. The number of anilines is 1. The van der Waals surface area contributed by atoms with Gasteiger partial charge in [-0.3, -0.25) is 9.59 Å². The molecule has 1 N–H and O–H groups in total. The second-order valence-corrected chi connectivity index (χ2v) is 9.31. The first kappa shape index (κ1) is 21.5. The molecule has 1 aliphatic heterocycles. The van der Waals surface area contributed by atoms with Crippen LogP contribution in [-0.4, -0.2) is 35.6 Å². The van der Waals surface area contributed by atoms with Crippen molar-refractivity contribution in [3.63, 3.8) is 0 Å². The molecule has 0 bridgehead atoms. The summed E-state index contributed by atoms with van der Waals surface area (Å²) in [6, 6.07) is 16.4. The van der Waals surface area contributed by atoms with Gasteiger partial charge < -0.3 is 10.1 Å². The van der Waals surface area contributed by atoms with Gasteiger partial charge in [0.2, 0.25) is 5.88 Å². The Bertz CT molecular complexity index is 1270. The van der Waals surface area contributed by atoms with E-state index in [1.807, 2.05) is 30.3 Å². The molecule has 2 amide bonds. The van der Waals surface area contributed by atoms with Gasteiger partial charge in [-0.1, -0.05) is 30.3 Å². The van der Waals surface area contributed by atoms with Crippen molar-refractivity contribution in [1.29, 1.82) is 0 Å². The number of sulfonamides is 1. The molecule has 4 rings (SSSR count). The Kier molecular flexibility index (Phi) is 5.67. The molecule has 1 aromatic heterocycles. The maximum Gasteiger partial charge on any atom is 0.269 e. The first-order chi connectivity index (χ1) is 15.3. The lowest BCUT2D eigenvalue weighted by molar-refractivity contribution is 0.0846. The van der Waals surface area contributed by atoms with Crippen molar-refractivity contribution >= 4 is 27.5 Å². The average Bonchev–Trinajstić information content (AvgIpc) is 2.98. The molecule has 0 spiro atoms. The zero-order valence-electron chi connectivity index (χ0n) is 17.5. The van der Waals surface area contributed by atoms with Gasteiger partial charge in [0, 0.05) is 17.7 Å². The van der Waals surface area contributed by atoms with Gasteiger partial charge in [-0.15, -0.1) is 0 Å². The van der Waals surface area contributed by atoms with Gasteiger partial charge in [-0.2, -0.15) is 0 Å². The number of fused-ring (bicyclic) bond motifs is 1. The van der Waals surface area contributed by atoms with E-state index >= 15 is 0 Å². The molecule has 0 saturated heterocycles. The number of carbonyl (C=O) groups is 2. The molecule has 0 unspecified atom stereocenters. The van der Waals surface area contributed by atoms with Gasteiger partial charge >= 0.3 is 0 Å². The van der Waals surface area contributed by atoms with Crippen LogP contribution in [0.5, 0.6) is 5.88 Å². The summed E-state index contributed by atoms with van der Waals surface area (Å²) in [6.45, 7) is 3.61. The molecule has 164 valence electrons. The quantitative estimate of drug-likeness (QED) is 0.615. The number of pyridine rings is 1. The molecule has 2 aromatic carbocycles. The molecule has 0 atom stereocenters. The number of aromatic nitrogens is 1. The molecular formula is C23H21N3O5S. The number of hydrogen-bond donors (Lipinski definition) is 1. The van der Waals surface area contributed by atoms with E-state index in [1.54, 1.807) is 26.0 Å². The third-order valence-electron chi connectivity index (χ3n) is 4.90. The van der Waals surface area contributed by atoms with Crippen molar-refractivity contribution in [2.45, 2.75) is 31.4 Å². The number of benzene rings is 2. The van der Waals surface area contributed by atoms with Crippen LogP contribution in [0.2, 0.25) is 0 Å². The summed E-state index contributed by atoms with van der Waals surface area (Å²) in [7, 11) is -3.98. The summed E-state index contributed by atoms with van der Waals surface area (Å²) in [6.07, 6.45) is 1.45. The van der Waals surface area contributed by atoms with Crippen LogP contribution in [0.1, 0.15) is 40.1 Å². The van der Waals surface area contributed by atoms with Crippen molar-refractivity contribution in [2.24, 2.45) is 0 Å². The lowest BCUT2D eigenvalue weighted by Gasteiger charge is -2.18. The van der Waals surface area contributed by atoms with Crippen LogP contribution in [0.4, 0.5) is 5.69 Å². The van der Waals surface area contributed by atoms with Crippen LogP contribution in [0, 0.1) is 0 Å². The van der Waals surface area contributed by atoms with Crippen LogP contribution in [0.3, 0.4) is 0 Å². The van der Waals surface area contributed by atoms with E-state index in [9.17, 15) is 18.0 Å². The predicted molar refractivity (Wildman–Crippen MR) is 118 cm³/mol. The standard InChI is InChI=1S/C23H21N3O5S/c1-15(2)26-23(28)19-10-8-17(12-20(19)32(26,29)30)22(27)25-18-9-11-21(24-13-18)31-14-16-6-4-3-5-7-16/h3-13,15H,14H2,1-2H3,(H,25,27). The number of rotatable bonds is 6. The van der Waals surface area contributed by atoms with E-state index in [2.05, 4.69) is 10.3 Å². The Balaban J connectivity index is 1.46. The fourth-order valence-corrected chi connectivity index (χ4v) is 5.17. The van der Waals surface area contributed by atoms with E-state index in [-0.39, 0.29) is 16.0 Å². The zero-order valence-corrected chi connectivity index (χ0v) is 18.3. The predicted octanol–water partition coefficient (Wildman–Crippen LogP) is 3.47. The van der Waals surface area contributed by atoms with Crippen LogP contribution in [0.25, 0.3) is 0 Å². The van der Waals surface area contributed by atoms with Gasteiger partial charge in [0.05, 0.1) is 17.4 Å². The number of amides is 2. The van der Waals surface area contributed by atoms with Crippen molar-refractivity contribution in [2.75, 3.05) is 5.32 Å². The number of nitrogens with zero attached hydrogens (tertiary/aromatic N) is 2. The molecule has 1 aliphatic rings. The van der Waals surface area contributed by atoms with E-state index in [0.29, 0.717) is 18.2 Å².